The van der Waals surface area contributed by atoms with Gasteiger partial charge in [-0.25, -0.2) is 4.39 Å². The highest BCUT2D eigenvalue weighted by Crippen LogP contribution is 2.25. The van der Waals surface area contributed by atoms with Crippen molar-refractivity contribution in [2.75, 3.05) is 13.7 Å². The minimum absolute atomic E-state index is 0.0165. The number of halogens is 2. The van der Waals surface area contributed by atoms with Gasteiger partial charge in [0.05, 0.1) is 5.02 Å². The van der Waals surface area contributed by atoms with E-state index in [-0.39, 0.29) is 22.7 Å². The number of ether oxygens (including phenoxy) is 2. The van der Waals surface area contributed by atoms with Crippen LogP contribution in [0.5, 0.6) is 5.75 Å². The molecule has 1 N–H and O–H groups in total. The number of hydrogen-bond donors (Lipinski definition) is 1. The first-order chi connectivity index (χ1) is 9.43. The Balaban J connectivity index is 2.53. The average molecular weight is 304 g/mol. The SMILES string of the molecule is COCC[C@H](C)NC(=O)[C@H](C)Oc1ccc(F)cc1Cl. The molecule has 1 aromatic rings. The van der Waals surface area contributed by atoms with Gasteiger partial charge in [0.15, 0.2) is 6.10 Å². The maximum atomic E-state index is 12.9. The second kappa shape index (κ2) is 8.07. The van der Waals surface area contributed by atoms with Gasteiger partial charge in [-0.15, -0.1) is 0 Å². The van der Waals surface area contributed by atoms with E-state index in [0.29, 0.717) is 13.0 Å². The Kier molecular flexibility index (Phi) is 6.75. The zero-order valence-corrected chi connectivity index (χ0v) is 12.5. The van der Waals surface area contributed by atoms with Crippen LogP contribution in [0.4, 0.5) is 4.39 Å². The maximum absolute atomic E-state index is 12.9. The number of carbonyl (C=O) groups is 1. The van der Waals surface area contributed by atoms with Crippen molar-refractivity contribution >= 4 is 17.5 Å². The van der Waals surface area contributed by atoms with Crippen LogP contribution in [0.1, 0.15) is 20.3 Å². The van der Waals surface area contributed by atoms with Crippen molar-refractivity contribution in [1.82, 2.24) is 5.32 Å². The first kappa shape index (κ1) is 16.7. The fraction of sp³-hybridized carbons (Fsp3) is 0.500. The first-order valence-electron chi connectivity index (χ1n) is 6.35. The average Bonchev–Trinajstić information content (AvgIpc) is 2.39. The van der Waals surface area contributed by atoms with E-state index < -0.39 is 11.9 Å². The quantitative estimate of drug-likeness (QED) is 0.842. The number of nitrogens with one attached hydrogen (secondary N) is 1. The molecule has 0 spiro atoms. The molecule has 20 heavy (non-hydrogen) atoms. The third-order valence-electron chi connectivity index (χ3n) is 2.71. The van der Waals surface area contributed by atoms with Crippen molar-refractivity contribution in [3.63, 3.8) is 0 Å². The smallest absolute Gasteiger partial charge is 0.260 e. The Morgan fingerprint density at radius 1 is 1.45 bits per heavy atom. The fourth-order valence-electron chi connectivity index (χ4n) is 1.54. The topological polar surface area (TPSA) is 47.6 Å². The number of hydrogen-bond acceptors (Lipinski definition) is 3. The normalized spacial score (nSPS) is 13.7. The Morgan fingerprint density at radius 3 is 2.75 bits per heavy atom. The van der Waals surface area contributed by atoms with Gasteiger partial charge in [0, 0.05) is 19.8 Å². The summed E-state index contributed by atoms with van der Waals surface area (Å²) in [5, 5.41) is 2.94. The van der Waals surface area contributed by atoms with Crippen molar-refractivity contribution in [2.24, 2.45) is 0 Å². The van der Waals surface area contributed by atoms with Gasteiger partial charge in [-0.3, -0.25) is 4.79 Å². The molecule has 0 unspecified atom stereocenters. The highest BCUT2D eigenvalue weighted by atomic mass is 35.5. The van der Waals surface area contributed by atoms with E-state index in [4.69, 9.17) is 21.1 Å². The summed E-state index contributed by atoms with van der Waals surface area (Å²) in [6.07, 6.45) is -0.00494. The summed E-state index contributed by atoms with van der Waals surface area (Å²) in [5.41, 5.74) is 0. The lowest BCUT2D eigenvalue weighted by molar-refractivity contribution is -0.128. The molecule has 0 aliphatic carbocycles. The Labute approximate surface area is 123 Å². The lowest BCUT2D eigenvalue weighted by atomic mass is 10.2. The fourth-order valence-corrected chi connectivity index (χ4v) is 1.75. The number of amides is 1. The van der Waals surface area contributed by atoms with Crippen molar-refractivity contribution in [2.45, 2.75) is 32.4 Å². The summed E-state index contributed by atoms with van der Waals surface area (Å²) in [7, 11) is 1.61. The molecule has 0 heterocycles. The molecule has 2 atom stereocenters. The molecule has 6 heteroatoms. The van der Waals surface area contributed by atoms with E-state index in [1.807, 2.05) is 6.92 Å². The molecule has 1 aromatic carbocycles. The standard InChI is InChI=1S/C14H19ClFNO3/c1-9(6-7-19-3)17-14(18)10(2)20-13-5-4-11(16)8-12(13)15/h4-5,8-10H,6-7H2,1-3H3,(H,17,18)/t9-,10-/m0/s1. The molecule has 0 saturated carbocycles. The van der Waals surface area contributed by atoms with E-state index in [2.05, 4.69) is 5.32 Å². The largest absolute Gasteiger partial charge is 0.479 e. The van der Waals surface area contributed by atoms with Crippen LogP contribution < -0.4 is 10.1 Å². The third-order valence-corrected chi connectivity index (χ3v) is 3.01. The van der Waals surface area contributed by atoms with Gasteiger partial charge >= 0.3 is 0 Å². The summed E-state index contributed by atoms with van der Waals surface area (Å²) in [6, 6.07) is 3.75. The molecule has 0 aliphatic rings. The van der Waals surface area contributed by atoms with Gasteiger partial charge < -0.3 is 14.8 Å². The van der Waals surface area contributed by atoms with Crippen LogP contribution in [0.2, 0.25) is 5.02 Å². The van der Waals surface area contributed by atoms with Crippen molar-refractivity contribution in [3.8, 4) is 5.75 Å². The van der Waals surface area contributed by atoms with Crippen molar-refractivity contribution in [3.05, 3.63) is 29.0 Å². The van der Waals surface area contributed by atoms with E-state index in [0.717, 1.165) is 6.07 Å². The predicted octanol–water partition coefficient (Wildman–Crippen LogP) is 2.79. The van der Waals surface area contributed by atoms with Crippen molar-refractivity contribution in [1.29, 1.82) is 0 Å². The zero-order chi connectivity index (χ0) is 15.1. The molecule has 4 nitrogen and oxygen atoms in total. The van der Waals surface area contributed by atoms with Crippen LogP contribution in [0.15, 0.2) is 18.2 Å². The molecule has 0 fully saturated rings. The first-order valence-corrected chi connectivity index (χ1v) is 6.73. The molecular weight excluding hydrogens is 285 g/mol. The van der Waals surface area contributed by atoms with Crippen LogP contribution in [0.3, 0.4) is 0 Å². The van der Waals surface area contributed by atoms with E-state index in [1.165, 1.54) is 12.1 Å². The molecule has 1 amide bonds. The Morgan fingerprint density at radius 2 is 2.15 bits per heavy atom. The Bertz CT molecular complexity index is 456. The number of carbonyl (C=O) groups excluding carboxylic acids is 1. The molecule has 0 aromatic heterocycles. The molecule has 0 bridgehead atoms. The van der Waals surface area contributed by atoms with Gasteiger partial charge in [-0.1, -0.05) is 11.6 Å². The minimum Gasteiger partial charge on any atom is -0.479 e. The van der Waals surface area contributed by atoms with Gasteiger partial charge in [-0.05, 0) is 38.5 Å². The van der Waals surface area contributed by atoms with Gasteiger partial charge in [-0.2, -0.15) is 0 Å². The lowest BCUT2D eigenvalue weighted by Crippen LogP contribution is -2.41. The van der Waals surface area contributed by atoms with E-state index in [1.54, 1.807) is 14.0 Å². The zero-order valence-electron chi connectivity index (χ0n) is 11.8. The molecular formula is C14H19ClFNO3. The van der Waals surface area contributed by atoms with Crippen LogP contribution in [-0.4, -0.2) is 31.8 Å². The monoisotopic (exact) mass is 303 g/mol. The highest BCUT2D eigenvalue weighted by molar-refractivity contribution is 6.32. The van der Waals surface area contributed by atoms with Crippen LogP contribution >= 0.6 is 11.6 Å². The van der Waals surface area contributed by atoms with Crippen LogP contribution in [0.25, 0.3) is 0 Å². The van der Waals surface area contributed by atoms with Gasteiger partial charge in [0.1, 0.15) is 11.6 Å². The highest BCUT2D eigenvalue weighted by Gasteiger charge is 2.18. The van der Waals surface area contributed by atoms with Gasteiger partial charge in [0.2, 0.25) is 0 Å². The second-order valence-electron chi connectivity index (χ2n) is 4.53. The maximum Gasteiger partial charge on any atom is 0.260 e. The number of methoxy groups -OCH3 is 1. The molecule has 1 rings (SSSR count). The summed E-state index contributed by atoms with van der Waals surface area (Å²) in [6.45, 7) is 4.06. The number of rotatable bonds is 7. The molecule has 0 radical (unpaired) electrons. The van der Waals surface area contributed by atoms with E-state index in [9.17, 15) is 9.18 Å². The summed E-state index contributed by atoms with van der Waals surface area (Å²) >= 11 is 5.84. The third kappa shape index (κ3) is 5.35. The minimum atomic E-state index is -0.719. The summed E-state index contributed by atoms with van der Waals surface area (Å²) in [4.78, 5) is 11.9. The molecule has 112 valence electrons. The summed E-state index contributed by atoms with van der Waals surface area (Å²) < 4.78 is 23.3. The Hall–Kier alpha value is -1.33. The lowest BCUT2D eigenvalue weighted by Gasteiger charge is -2.19. The molecule has 0 saturated heterocycles. The number of benzene rings is 1. The summed E-state index contributed by atoms with van der Waals surface area (Å²) in [5.74, 6) is -0.429. The van der Waals surface area contributed by atoms with Crippen LogP contribution in [-0.2, 0) is 9.53 Å². The van der Waals surface area contributed by atoms with Crippen LogP contribution in [0, 0.1) is 5.82 Å². The van der Waals surface area contributed by atoms with Gasteiger partial charge in [0.25, 0.3) is 5.91 Å². The van der Waals surface area contributed by atoms with Crippen molar-refractivity contribution < 1.29 is 18.7 Å². The molecule has 0 aliphatic heterocycles. The second-order valence-corrected chi connectivity index (χ2v) is 4.93. The predicted molar refractivity (Wildman–Crippen MR) is 75.6 cm³/mol. The van der Waals surface area contributed by atoms with E-state index >= 15 is 0 Å².